The minimum atomic E-state index is -0.617. The number of nitrogens with zero attached hydrogens (tertiary/aromatic N) is 2. The summed E-state index contributed by atoms with van der Waals surface area (Å²) in [6, 6.07) is 13.0. The molecule has 4 aromatic rings. The molecular formula is C26H25FN4O5. The lowest BCUT2D eigenvalue weighted by Gasteiger charge is -2.10. The van der Waals surface area contributed by atoms with Crippen LogP contribution in [0.2, 0.25) is 0 Å². The first-order valence-corrected chi connectivity index (χ1v) is 10.9. The van der Waals surface area contributed by atoms with E-state index in [4.69, 9.17) is 14.2 Å². The molecule has 0 spiro atoms. The number of halogens is 1. The highest BCUT2D eigenvalue weighted by Crippen LogP contribution is 2.32. The van der Waals surface area contributed by atoms with Crippen LogP contribution in [-0.4, -0.2) is 42.8 Å². The van der Waals surface area contributed by atoms with Crippen molar-refractivity contribution in [3.63, 3.8) is 0 Å². The van der Waals surface area contributed by atoms with Crippen LogP contribution in [0.1, 0.15) is 26.4 Å². The van der Waals surface area contributed by atoms with Gasteiger partial charge in [-0.1, -0.05) is 6.07 Å². The molecule has 2 aromatic heterocycles. The van der Waals surface area contributed by atoms with E-state index in [0.717, 1.165) is 5.56 Å². The number of benzene rings is 2. The molecule has 10 heteroatoms. The highest BCUT2D eigenvalue weighted by molar-refractivity contribution is 6.14. The van der Waals surface area contributed by atoms with Gasteiger partial charge in [-0.2, -0.15) is 0 Å². The number of anilines is 2. The first-order valence-electron chi connectivity index (χ1n) is 10.9. The summed E-state index contributed by atoms with van der Waals surface area (Å²) in [6.45, 7) is 0.369. The van der Waals surface area contributed by atoms with Crippen molar-refractivity contribution in [3.8, 4) is 11.5 Å². The number of methoxy groups -OCH3 is 3. The van der Waals surface area contributed by atoms with Gasteiger partial charge in [-0.15, -0.1) is 0 Å². The second kappa shape index (κ2) is 10.3. The third-order valence-corrected chi connectivity index (χ3v) is 5.71. The van der Waals surface area contributed by atoms with Crippen LogP contribution in [0.15, 0.2) is 54.7 Å². The Morgan fingerprint density at radius 3 is 2.44 bits per heavy atom. The third-order valence-electron chi connectivity index (χ3n) is 5.71. The van der Waals surface area contributed by atoms with Crippen molar-refractivity contribution in [1.82, 2.24) is 9.55 Å². The van der Waals surface area contributed by atoms with Gasteiger partial charge >= 0.3 is 5.97 Å². The topological polar surface area (TPSA) is 104 Å². The van der Waals surface area contributed by atoms with Gasteiger partial charge in [-0.25, -0.2) is 14.2 Å². The maximum Gasteiger partial charge on any atom is 0.356 e. The third kappa shape index (κ3) is 4.78. The predicted octanol–water partition coefficient (Wildman–Crippen LogP) is 4.38. The number of carbonyl (C=O) groups excluding carboxylic acids is 2. The number of pyridine rings is 1. The summed E-state index contributed by atoms with van der Waals surface area (Å²) >= 11 is 0. The smallest absolute Gasteiger partial charge is 0.356 e. The summed E-state index contributed by atoms with van der Waals surface area (Å²) in [5.74, 6) is -0.704. The van der Waals surface area contributed by atoms with Crippen molar-refractivity contribution < 1.29 is 28.2 Å². The molecule has 0 aliphatic rings. The van der Waals surface area contributed by atoms with Crippen molar-refractivity contribution in [3.05, 3.63) is 77.4 Å². The molecule has 186 valence electrons. The number of esters is 1. The summed E-state index contributed by atoms with van der Waals surface area (Å²) < 4.78 is 30.4. The van der Waals surface area contributed by atoms with Crippen LogP contribution >= 0.6 is 0 Å². The van der Waals surface area contributed by atoms with E-state index < -0.39 is 17.7 Å². The summed E-state index contributed by atoms with van der Waals surface area (Å²) in [7, 11) is 5.89. The minimum absolute atomic E-state index is 0.150. The van der Waals surface area contributed by atoms with Gasteiger partial charge in [0.05, 0.1) is 38.9 Å². The highest BCUT2D eigenvalue weighted by Gasteiger charge is 2.25. The molecule has 2 heterocycles. The van der Waals surface area contributed by atoms with Crippen molar-refractivity contribution in [2.24, 2.45) is 7.05 Å². The molecule has 0 fully saturated rings. The van der Waals surface area contributed by atoms with Gasteiger partial charge in [0.1, 0.15) is 11.4 Å². The highest BCUT2D eigenvalue weighted by atomic mass is 19.1. The average molecular weight is 493 g/mol. The number of aryl methyl sites for hydroxylation is 1. The van der Waals surface area contributed by atoms with Crippen molar-refractivity contribution in [2.45, 2.75) is 6.54 Å². The molecule has 0 aliphatic heterocycles. The molecule has 0 saturated heterocycles. The Hall–Kier alpha value is -4.60. The molecule has 2 aromatic carbocycles. The minimum Gasteiger partial charge on any atom is -0.497 e. The van der Waals surface area contributed by atoms with E-state index in [9.17, 15) is 14.0 Å². The molecule has 0 unspecified atom stereocenters. The van der Waals surface area contributed by atoms with E-state index in [1.807, 2.05) is 0 Å². The van der Waals surface area contributed by atoms with Crippen molar-refractivity contribution in [1.29, 1.82) is 0 Å². The Morgan fingerprint density at radius 1 is 1.03 bits per heavy atom. The second-order valence-electron chi connectivity index (χ2n) is 7.87. The number of nitrogens with one attached hydrogen (secondary N) is 2. The largest absolute Gasteiger partial charge is 0.497 e. The van der Waals surface area contributed by atoms with Crippen LogP contribution in [0.4, 0.5) is 15.8 Å². The average Bonchev–Trinajstić information content (AvgIpc) is 3.18. The molecule has 1 amide bonds. The maximum absolute atomic E-state index is 13.7. The molecule has 4 rings (SSSR count). The van der Waals surface area contributed by atoms with E-state index in [2.05, 4.69) is 15.6 Å². The van der Waals surface area contributed by atoms with Crippen LogP contribution in [0.25, 0.3) is 11.0 Å². The van der Waals surface area contributed by atoms with Gasteiger partial charge in [0.2, 0.25) is 0 Å². The number of carbonyl (C=O) groups is 2. The maximum atomic E-state index is 13.7. The number of amides is 1. The normalized spacial score (nSPS) is 10.7. The van der Waals surface area contributed by atoms with Gasteiger partial charge in [-0.3, -0.25) is 4.79 Å². The number of rotatable bonds is 8. The predicted molar refractivity (Wildman–Crippen MR) is 133 cm³/mol. The van der Waals surface area contributed by atoms with E-state index in [0.29, 0.717) is 34.6 Å². The summed E-state index contributed by atoms with van der Waals surface area (Å²) in [5.41, 5.74) is 2.73. The molecule has 0 bridgehead atoms. The molecular weight excluding hydrogens is 467 g/mol. The lowest BCUT2D eigenvalue weighted by atomic mass is 10.1. The van der Waals surface area contributed by atoms with Crippen LogP contribution in [0.3, 0.4) is 0 Å². The Bertz CT molecular complexity index is 1430. The number of fused-ring (bicyclic) bond motifs is 1. The van der Waals surface area contributed by atoms with Gasteiger partial charge < -0.3 is 29.4 Å². The van der Waals surface area contributed by atoms with Gasteiger partial charge in [0.25, 0.3) is 5.91 Å². The molecule has 0 aliphatic carbocycles. The zero-order valence-electron chi connectivity index (χ0n) is 20.2. The van der Waals surface area contributed by atoms with E-state index in [-0.39, 0.29) is 17.1 Å². The van der Waals surface area contributed by atoms with Crippen LogP contribution < -0.4 is 20.1 Å². The van der Waals surface area contributed by atoms with Crippen LogP contribution in [0, 0.1) is 5.82 Å². The number of aromatic nitrogens is 2. The first-order chi connectivity index (χ1) is 17.4. The van der Waals surface area contributed by atoms with Crippen molar-refractivity contribution >= 4 is 34.3 Å². The van der Waals surface area contributed by atoms with E-state index >= 15 is 0 Å². The second-order valence-corrected chi connectivity index (χ2v) is 7.87. The van der Waals surface area contributed by atoms with Gasteiger partial charge in [0.15, 0.2) is 17.3 Å². The lowest BCUT2D eigenvalue weighted by Crippen LogP contribution is -2.16. The monoisotopic (exact) mass is 492 g/mol. The fourth-order valence-corrected chi connectivity index (χ4v) is 3.82. The first kappa shape index (κ1) is 24.5. The molecule has 0 atom stereocenters. The zero-order chi connectivity index (χ0) is 25.8. The standard InChI is InChI=1S/C26H25FN4O5/c1-31-23(26(33)36-4)22(30-25(32)16-6-8-18(34-2)9-7-16)19-12-17(14-29-24(19)31)28-13-15-5-10-20(27)21(11-15)35-3/h5-12,14,28H,13H2,1-4H3,(H,30,32). The van der Waals surface area contributed by atoms with Gasteiger partial charge in [0, 0.05) is 24.5 Å². The van der Waals surface area contributed by atoms with Crippen LogP contribution in [-0.2, 0) is 18.3 Å². The zero-order valence-corrected chi connectivity index (χ0v) is 20.2. The van der Waals surface area contributed by atoms with E-state index in [1.165, 1.54) is 20.3 Å². The summed E-state index contributed by atoms with van der Waals surface area (Å²) in [6.07, 6.45) is 1.61. The summed E-state index contributed by atoms with van der Waals surface area (Å²) in [5, 5.41) is 6.61. The number of ether oxygens (including phenoxy) is 3. The van der Waals surface area contributed by atoms with Gasteiger partial charge in [-0.05, 0) is 48.0 Å². The number of hydrogen-bond acceptors (Lipinski definition) is 7. The van der Waals surface area contributed by atoms with E-state index in [1.54, 1.807) is 67.4 Å². The lowest BCUT2D eigenvalue weighted by molar-refractivity contribution is 0.0591. The Balaban J connectivity index is 1.68. The number of hydrogen-bond donors (Lipinski definition) is 2. The molecule has 9 nitrogen and oxygen atoms in total. The Kier molecular flexibility index (Phi) is 7.05. The SMILES string of the molecule is COC(=O)c1c(NC(=O)c2ccc(OC)cc2)c2cc(NCc3ccc(F)c(OC)c3)cnc2n1C. The Labute approximate surface area is 206 Å². The Morgan fingerprint density at radius 2 is 1.78 bits per heavy atom. The fraction of sp³-hybridized carbons (Fsp3) is 0.192. The molecule has 36 heavy (non-hydrogen) atoms. The fourth-order valence-electron chi connectivity index (χ4n) is 3.82. The molecule has 2 N–H and O–H groups in total. The molecule has 0 saturated carbocycles. The quantitative estimate of drug-likeness (QED) is 0.352. The van der Waals surface area contributed by atoms with Crippen LogP contribution in [0.5, 0.6) is 11.5 Å². The summed E-state index contributed by atoms with van der Waals surface area (Å²) in [4.78, 5) is 30.1. The molecule has 0 radical (unpaired) electrons. The van der Waals surface area contributed by atoms with Crippen molar-refractivity contribution in [2.75, 3.05) is 32.0 Å².